The molecule has 3 heteroatoms. The van der Waals surface area contributed by atoms with Crippen molar-refractivity contribution in [1.29, 1.82) is 0 Å². The van der Waals surface area contributed by atoms with Gasteiger partial charge in [-0.1, -0.05) is 19.3 Å². The van der Waals surface area contributed by atoms with Crippen LogP contribution in [0.4, 0.5) is 0 Å². The lowest BCUT2D eigenvalue weighted by Gasteiger charge is -2.20. The van der Waals surface area contributed by atoms with Gasteiger partial charge in [-0.2, -0.15) is 0 Å². The van der Waals surface area contributed by atoms with E-state index in [1.54, 1.807) is 0 Å². The molecule has 1 aliphatic heterocycles. The molecular weight excluding hydrogens is 216 g/mol. The molecule has 3 nitrogen and oxygen atoms in total. The highest BCUT2D eigenvalue weighted by atomic mass is 16.7. The van der Waals surface area contributed by atoms with E-state index in [-0.39, 0.29) is 18.5 Å². The zero-order valence-corrected chi connectivity index (χ0v) is 9.78. The Morgan fingerprint density at radius 1 is 1.06 bits per heavy atom. The first kappa shape index (κ1) is 10.6. The Bertz CT molecular complexity index is 433. The number of rotatable bonds is 2. The second-order valence-corrected chi connectivity index (χ2v) is 4.77. The van der Waals surface area contributed by atoms with Crippen molar-refractivity contribution in [2.45, 2.75) is 32.1 Å². The summed E-state index contributed by atoms with van der Waals surface area (Å²) in [5.74, 6) is 1.92. The van der Waals surface area contributed by atoms with Gasteiger partial charge in [0, 0.05) is 11.5 Å². The third-order valence-corrected chi connectivity index (χ3v) is 3.63. The first-order valence-electron chi connectivity index (χ1n) is 6.28. The number of hydrogen-bond donors (Lipinski definition) is 0. The number of benzene rings is 1. The molecule has 0 bridgehead atoms. The van der Waals surface area contributed by atoms with Gasteiger partial charge in [-0.25, -0.2) is 0 Å². The van der Waals surface area contributed by atoms with Crippen LogP contribution in [-0.2, 0) is 0 Å². The van der Waals surface area contributed by atoms with Crippen molar-refractivity contribution < 1.29 is 14.3 Å². The van der Waals surface area contributed by atoms with Crippen molar-refractivity contribution >= 4 is 5.78 Å². The Balaban J connectivity index is 1.81. The first-order valence-corrected chi connectivity index (χ1v) is 6.28. The van der Waals surface area contributed by atoms with Crippen molar-refractivity contribution in [2.75, 3.05) is 6.79 Å². The van der Waals surface area contributed by atoms with Gasteiger partial charge in [0.2, 0.25) is 6.79 Å². The number of ketones is 1. The SMILES string of the molecule is O=C(c1ccc2c(c1)OCO2)C1CCCCC1. The molecule has 1 saturated carbocycles. The van der Waals surface area contributed by atoms with E-state index in [0.717, 1.165) is 24.2 Å². The van der Waals surface area contributed by atoms with Crippen LogP contribution in [0.25, 0.3) is 0 Å². The van der Waals surface area contributed by atoms with Crippen LogP contribution in [-0.4, -0.2) is 12.6 Å². The highest BCUT2D eigenvalue weighted by molar-refractivity contribution is 5.98. The summed E-state index contributed by atoms with van der Waals surface area (Å²) in [5, 5.41) is 0. The fourth-order valence-electron chi connectivity index (χ4n) is 2.65. The number of Topliss-reactive ketones (excluding diaryl/α,β-unsaturated/α-hetero) is 1. The number of hydrogen-bond acceptors (Lipinski definition) is 3. The standard InChI is InChI=1S/C14H16O3/c15-14(10-4-2-1-3-5-10)11-6-7-12-13(8-11)17-9-16-12/h6-8,10H,1-5,9H2. The Labute approximate surface area is 101 Å². The van der Waals surface area contributed by atoms with Crippen molar-refractivity contribution in [3.05, 3.63) is 23.8 Å². The fourth-order valence-corrected chi connectivity index (χ4v) is 2.65. The molecule has 0 amide bonds. The van der Waals surface area contributed by atoms with E-state index in [0.29, 0.717) is 5.75 Å². The maximum atomic E-state index is 12.3. The lowest BCUT2D eigenvalue weighted by Crippen LogP contribution is -2.17. The summed E-state index contributed by atoms with van der Waals surface area (Å²) in [7, 11) is 0. The van der Waals surface area contributed by atoms with E-state index in [2.05, 4.69) is 0 Å². The zero-order chi connectivity index (χ0) is 11.7. The minimum atomic E-state index is 0.212. The van der Waals surface area contributed by atoms with Crippen molar-refractivity contribution in [2.24, 2.45) is 5.92 Å². The minimum absolute atomic E-state index is 0.212. The van der Waals surface area contributed by atoms with Gasteiger partial charge in [-0.15, -0.1) is 0 Å². The molecule has 2 aliphatic rings. The van der Waals surface area contributed by atoms with Gasteiger partial charge in [0.1, 0.15) is 0 Å². The van der Waals surface area contributed by atoms with Gasteiger partial charge in [0.25, 0.3) is 0 Å². The van der Waals surface area contributed by atoms with Crippen LogP contribution in [0.2, 0.25) is 0 Å². The Hall–Kier alpha value is -1.51. The summed E-state index contributed by atoms with van der Waals surface area (Å²) >= 11 is 0. The third-order valence-electron chi connectivity index (χ3n) is 3.63. The van der Waals surface area contributed by atoms with Crippen LogP contribution in [0, 0.1) is 5.92 Å². The molecular formula is C14H16O3. The van der Waals surface area contributed by atoms with Crippen LogP contribution >= 0.6 is 0 Å². The zero-order valence-electron chi connectivity index (χ0n) is 9.78. The third kappa shape index (κ3) is 2.02. The molecule has 1 heterocycles. The molecule has 3 rings (SSSR count). The van der Waals surface area contributed by atoms with E-state index in [1.165, 1.54) is 19.3 Å². The van der Waals surface area contributed by atoms with Crippen molar-refractivity contribution in [3.8, 4) is 11.5 Å². The Morgan fingerprint density at radius 3 is 2.65 bits per heavy atom. The average Bonchev–Trinajstić information content (AvgIpc) is 2.86. The Kier molecular flexibility index (Phi) is 2.75. The molecule has 0 N–H and O–H groups in total. The molecule has 1 fully saturated rings. The lowest BCUT2D eigenvalue weighted by atomic mass is 9.84. The molecule has 1 aliphatic carbocycles. The van der Waals surface area contributed by atoms with Crippen LogP contribution in [0.1, 0.15) is 42.5 Å². The average molecular weight is 232 g/mol. The first-order chi connectivity index (χ1) is 8.34. The van der Waals surface area contributed by atoms with Gasteiger partial charge < -0.3 is 9.47 Å². The summed E-state index contributed by atoms with van der Waals surface area (Å²) < 4.78 is 10.5. The summed E-state index contributed by atoms with van der Waals surface area (Å²) in [4.78, 5) is 12.3. The fraction of sp³-hybridized carbons (Fsp3) is 0.500. The normalized spacial score (nSPS) is 19.3. The molecule has 0 atom stereocenters. The highest BCUT2D eigenvalue weighted by Crippen LogP contribution is 2.34. The molecule has 0 spiro atoms. The summed E-state index contributed by atoms with van der Waals surface area (Å²) in [5.41, 5.74) is 0.765. The number of carbonyl (C=O) groups excluding carboxylic acids is 1. The molecule has 1 aromatic rings. The molecule has 0 saturated heterocycles. The van der Waals surface area contributed by atoms with Crippen LogP contribution in [0.5, 0.6) is 11.5 Å². The van der Waals surface area contributed by atoms with Gasteiger partial charge in [-0.05, 0) is 31.0 Å². The maximum absolute atomic E-state index is 12.3. The molecule has 1 aromatic carbocycles. The number of fused-ring (bicyclic) bond motifs is 1. The molecule has 90 valence electrons. The summed E-state index contributed by atoms with van der Waals surface area (Å²) in [6, 6.07) is 5.50. The van der Waals surface area contributed by atoms with Gasteiger partial charge in [0.05, 0.1) is 0 Å². The summed E-state index contributed by atoms with van der Waals surface area (Å²) in [6.07, 6.45) is 5.70. The predicted molar refractivity (Wildman–Crippen MR) is 63.5 cm³/mol. The molecule has 0 unspecified atom stereocenters. The molecule has 0 radical (unpaired) electrons. The van der Waals surface area contributed by atoms with Crippen molar-refractivity contribution in [3.63, 3.8) is 0 Å². The highest BCUT2D eigenvalue weighted by Gasteiger charge is 2.24. The van der Waals surface area contributed by atoms with E-state index in [1.807, 2.05) is 18.2 Å². The lowest BCUT2D eigenvalue weighted by molar-refractivity contribution is 0.0889. The van der Waals surface area contributed by atoms with E-state index in [4.69, 9.17) is 9.47 Å². The van der Waals surface area contributed by atoms with E-state index in [9.17, 15) is 4.79 Å². The second-order valence-electron chi connectivity index (χ2n) is 4.77. The van der Waals surface area contributed by atoms with Gasteiger partial charge >= 0.3 is 0 Å². The van der Waals surface area contributed by atoms with E-state index < -0.39 is 0 Å². The van der Waals surface area contributed by atoms with Crippen LogP contribution < -0.4 is 9.47 Å². The van der Waals surface area contributed by atoms with Gasteiger partial charge in [-0.3, -0.25) is 4.79 Å². The van der Waals surface area contributed by atoms with Crippen LogP contribution in [0.15, 0.2) is 18.2 Å². The topological polar surface area (TPSA) is 35.5 Å². The van der Waals surface area contributed by atoms with E-state index >= 15 is 0 Å². The summed E-state index contributed by atoms with van der Waals surface area (Å²) in [6.45, 7) is 0.260. The maximum Gasteiger partial charge on any atom is 0.231 e. The van der Waals surface area contributed by atoms with Gasteiger partial charge in [0.15, 0.2) is 17.3 Å². The molecule has 17 heavy (non-hydrogen) atoms. The second kappa shape index (κ2) is 4.40. The van der Waals surface area contributed by atoms with Crippen molar-refractivity contribution in [1.82, 2.24) is 0 Å². The predicted octanol–water partition coefficient (Wildman–Crippen LogP) is 3.18. The molecule has 0 aromatic heterocycles. The minimum Gasteiger partial charge on any atom is -0.454 e. The number of ether oxygens (including phenoxy) is 2. The van der Waals surface area contributed by atoms with Crippen LogP contribution in [0.3, 0.4) is 0 Å². The Morgan fingerprint density at radius 2 is 1.82 bits per heavy atom. The number of carbonyl (C=O) groups is 1. The largest absolute Gasteiger partial charge is 0.454 e. The monoisotopic (exact) mass is 232 g/mol. The quantitative estimate of drug-likeness (QED) is 0.735. The smallest absolute Gasteiger partial charge is 0.231 e.